The van der Waals surface area contributed by atoms with E-state index >= 15 is 0 Å². The van der Waals surface area contributed by atoms with E-state index in [9.17, 15) is 50.8 Å². The Morgan fingerprint density at radius 3 is 1.74 bits per heavy atom. The first kappa shape index (κ1) is 41.8. The van der Waals surface area contributed by atoms with Crippen molar-refractivity contribution < 1.29 is 55.5 Å². The minimum Gasteiger partial charge on any atom is -0.459 e. The van der Waals surface area contributed by atoms with Crippen molar-refractivity contribution >= 4 is 5.97 Å². The predicted molar refractivity (Wildman–Crippen MR) is 175 cm³/mol. The van der Waals surface area contributed by atoms with Crippen LogP contribution in [0.3, 0.4) is 0 Å². The molecule has 1 heterocycles. The third-order valence-electron chi connectivity index (χ3n) is 8.03. The van der Waals surface area contributed by atoms with Crippen LogP contribution in [0, 0.1) is 5.92 Å². The van der Waals surface area contributed by atoms with Crippen LogP contribution in [0.1, 0.15) is 85.0 Å². The van der Waals surface area contributed by atoms with Crippen molar-refractivity contribution in [3.63, 3.8) is 0 Å². The van der Waals surface area contributed by atoms with Crippen LogP contribution in [0.5, 0.6) is 0 Å². The number of cyclic esters (lactones) is 1. The molecule has 0 radical (unpaired) electrons. The largest absolute Gasteiger partial charge is 0.459 e. The van der Waals surface area contributed by atoms with Crippen LogP contribution in [0.4, 0.5) is 0 Å². The monoisotopic (exact) mass is 654 g/mol. The molecule has 0 aromatic rings. The fourth-order valence-electron chi connectivity index (χ4n) is 5.27. The van der Waals surface area contributed by atoms with Crippen LogP contribution in [0.2, 0.25) is 0 Å². The molecule has 11 nitrogen and oxygen atoms in total. The summed E-state index contributed by atoms with van der Waals surface area (Å²) in [7, 11) is 0. The van der Waals surface area contributed by atoms with Crippen LogP contribution in [-0.4, -0.2) is 113 Å². The van der Waals surface area contributed by atoms with E-state index in [1.165, 1.54) is 13.0 Å². The lowest BCUT2D eigenvalue weighted by atomic mass is 9.87. The number of ether oxygens (including phenoxy) is 1. The molecule has 9 N–H and O–H groups in total. The van der Waals surface area contributed by atoms with Gasteiger partial charge in [-0.25, -0.2) is 0 Å². The number of hydrogen-bond acceptors (Lipinski definition) is 11. The van der Waals surface area contributed by atoms with E-state index in [0.717, 1.165) is 12.8 Å². The molecular formula is C35H58O11. The van der Waals surface area contributed by atoms with Gasteiger partial charge in [-0.3, -0.25) is 4.79 Å². The van der Waals surface area contributed by atoms with Gasteiger partial charge < -0.3 is 50.7 Å². The minimum absolute atomic E-state index is 0.0162. The van der Waals surface area contributed by atoms with E-state index in [4.69, 9.17) is 4.74 Å². The van der Waals surface area contributed by atoms with Gasteiger partial charge in [0.1, 0.15) is 18.1 Å². The van der Waals surface area contributed by atoms with E-state index in [1.54, 1.807) is 55.5 Å². The molecule has 1 aliphatic rings. The highest BCUT2D eigenvalue weighted by Gasteiger charge is 2.37. The first-order valence-electron chi connectivity index (χ1n) is 16.4. The summed E-state index contributed by atoms with van der Waals surface area (Å²) >= 11 is 0. The zero-order chi connectivity index (χ0) is 34.6. The highest BCUT2D eigenvalue weighted by atomic mass is 16.6. The average Bonchev–Trinajstić information content (AvgIpc) is 2.94. The molecule has 0 bridgehead atoms. The summed E-state index contributed by atoms with van der Waals surface area (Å²) in [5.74, 6) is -2.33. The molecule has 0 aliphatic carbocycles. The number of carbonyl (C=O) groups excluding carboxylic acids is 1. The highest BCUT2D eigenvalue weighted by Crippen LogP contribution is 2.24. The Morgan fingerprint density at radius 1 is 0.717 bits per heavy atom. The van der Waals surface area contributed by atoms with Gasteiger partial charge in [-0.1, -0.05) is 80.9 Å². The second-order valence-corrected chi connectivity index (χ2v) is 12.4. The smallest absolute Gasteiger partial charge is 0.314 e. The number of hydrogen-bond donors (Lipinski definition) is 9. The topological polar surface area (TPSA) is 208 Å². The first-order chi connectivity index (χ1) is 21.7. The Bertz CT molecular complexity index is 991. The molecule has 1 aliphatic heterocycles. The number of aliphatic hydroxyl groups excluding tert-OH is 9. The molecule has 0 fully saturated rings. The predicted octanol–water partition coefficient (Wildman–Crippen LogP) is 1.89. The Kier molecular flexibility index (Phi) is 21.1. The van der Waals surface area contributed by atoms with E-state index in [1.807, 2.05) is 6.92 Å². The number of allylic oxidation sites excluding steroid dienone is 8. The van der Waals surface area contributed by atoms with E-state index in [0.29, 0.717) is 12.0 Å². The van der Waals surface area contributed by atoms with Crippen molar-refractivity contribution in [1.82, 2.24) is 0 Å². The van der Waals surface area contributed by atoms with Crippen molar-refractivity contribution in [2.45, 2.75) is 146 Å². The molecule has 264 valence electrons. The van der Waals surface area contributed by atoms with Crippen molar-refractivity contribution in [2.24, 2.45) is 5.92 Å². The van der Waals surface area contributed by atoms with Crippen molar-refractivity contribution in [3.8, 4) is 0 Å². The summed E-state index contributed by atoms with van der Waals surface area (Å²) in [6, 6.07) is 0. The van der Waals surface area contributed by atoms with Gasteiger partial charge in [0.05, 0.1) is 48.8 Å². The number of aliphatic hydroxyl groups is 9. The molecule has 0 aromatic carbocycles. The standard InChI is InChI=1S/C35H58O11/c1-4-5-11-16-31(42)34-33(44)22-29(40)20-27(38)18-25(36)17-26(37)19-28(39)21-32(43)23(2)14-12-9-7-6-8-10-13-15-30(41)24(3)46-35(34)45/h6-10,12-15,24-34,36-44H,4-5,11,16-22H2,1-3H3/b7-6+,10-8+,12-9+,15-13+,23-14+/t24-,25+,26+,27-,28+,29-,30+,31+,32+,33-,34+/m1/s1. The van der Waals surface area contributed by atoms with E-state index in [-0.39, 0.29) is 44.9 Å². The van der Waals surface area contributed by atoms with Crippen molar-refractivity contribution in [1.29, 1.82) is 0 Å². The summed E-state index contributed by atoms with van der Waals surface area (Å²) in [5.41, 5.74) is 0.609. The molecule has 11 atom stereocenters. The summed E-state index contributed by atoms with van der Waals surface area (Å²) in [5, 5.41) is 94.8. The normalized spacial score (nSPS) is 38.6. The average molecular weight is 655 g/mol. The van der Waals surface area contributed by atoms with Gasteiger partial charge in [-0.05, 0) is 51.5 Å². The quantitative estimate of drug-likeness (QED) is 0.154. The molecule has 11 heteroatoms. The van der Waals surface area contributed by atoms with Gasteiger partial charge in [-0.2, -0.15) is 0 Å². The third kappa shape index (κ3) is 17.7. The van der Waals surface area contributed by atoms with Crippen LogP contribution < -0.4 is 0 Å². The first-order valence-corrected chi connectivity index (χ1v) is 16.4. The Hall–Kier alpha value is -2.19. The fourth-order valence-corrected chi connectivity index (χ4v) is 5.27. The summed E-state index contributed by atoms with van der Waals surface area (Å²) in [6.45, 7) is 5.18. The molecule has 0 unspecified atom stereocenters. The van der Waals surface area contributed by atoms with Crippen LogP contribution >= 0.6 is 0 Å². The lowest BCUT2D eigenvalue weighted by Gasteiger charge is -2.29. The van der Waals surface area contributed by atoms with Gasteiger partial charge in [0.15, 0.2) is 0 Å². The maximum Gasteiger partial charge on any atom is 0.314 e. The molecule has 0 amide bonds. The van der Waals surface area contributed by atoms with Crippen LogP contribution in [-0.2, 0) is 9.53 Å². The van der Waals surface area contributed by atoms with Crippen molar-refractivity contribution in [3.05, 3.63) is 60.3 Å². The summed E-state index contributed by atoms with van der Waals surface area (Å²) in [4.78, 5) is 13.1. The lowest BCUT2D eigenvalue weighted by Crippen LogP contribution is -2.43. The van der Waals surface area contributed by atoms with Crippen LogP contribution in [0.25, 0.3) is 0 Å². The Labute approximate surface area is 273 Å². The highest BCUT2D eigenvalue weighted by molar-refractivity contribution is 5.74. The molecule has 46 heavy (non-hydrogen) atoms. The van der Waals surface area contributed by atoms with Gasteiger partial charge in [0, 0.05) is 12.8 Å². The second kappa shape index (κ2) is 23.2. The number of rotatable bonds is 5. The van der Waals surface area contributed by atoms with Crippen molar-refractivity contribution in [2.75, 3.05) is 0 Å². The Balaban J connectivity index is 3.14. The van der Waals surface area contributed by atoms with E-state index in [2.05, 4.69) is 0 Å². The molecule has 0 spiro atoms. The molecule has 0 aromatic heterocycles. The maximum absolute atomic E-state index is 13.1. The zero-order valence-corrected chi connectivity index (χ0v) is 27.5. The second-order valence-electron chi connectivity index (χ2n) is 12.4. The number of carbonyl (C=O) groups is 1. The lowest BCUT2D eigenvalue weighted by molar-refractivity contribution is -0.168. The molecule has 0 saturated heterocycles. The minimum atomic E-state index is -1.52. The number of esters is 1. The van der Waals surface area contributed by atoms with Gasteiger partial charge in [0.25, 0.3) is 0 Å². The van der Waals surface area contributed by atoms with Crippen LogP contribution in [0.15, 0.2) is 60.3 Å². The third-order valence-corrected chi connectivity index (χ3v) is 8.03. The maximum atomic E-state index is 13.1. The Morgan fingerprint density at radius 2 is 1.20 bits per heavy atom. The van der Waals surface area contributed by atoms with Gasteiger partial charge in [-0.15, -0.1) is 0 Å². The molecule has 1 rings (SSSR count). The van der Waals surface area contributed by atoms with E-state index < -0.39 is 72.9 Å². The SMILES string of the molecule is CCCCC[C@H](O)[C@@H]1C(=O)O[C@H](C)[C@@H](O)/C=C/C=C/C=C/C=C/C=C(\C)[C@@H](O)C[C@@H](O)C[C@@H](O)C[C@H](O)C[C@@H](O)C[C@@H](O)C[C@H]1O. The van der Waals surface area contributed by atoms with Gasteiger partial charge >= 0.3 is 5.97 Å². The zero-order valence-electron chi connectivity index (χ0n) is 27.5. The molecule has 0 saturated carbocycles. The van der Waals surface area contributed by atoms with Gasteiger partial charge in [0.2, 0.25) is 0 Å². The number of unbranched alkanes of at least 4 members (excludes halogenated alkanes) is 2. The summed E-state index contributed by atoms with van der Waals surface area (Å²) < 4.78 is 5.42. The molecular weight excluding hydrogens is 596 g/mol. The summed E-state index contributed by atoms with van der Waals surface area (Å²) in [6.07, 6.45) is 4.69. The fraction of sp³-hybridized carbons (Fsp3) is 0.686.